The Morgan fingerprint density at radius 1 is 1.50 bits per heavy atom. The highest BCUT2D eigenvalue weighted by Gasteiger charge is 2.44. The fourth-order valence-corrected chi connectivity index (χ4v) is 2.85. The zero-order chi connectivity index (χ0) is 13.2. The van der Waals surface area contributed by atoms with E-state index >= 15 is 0 Å². The molecule has 0 aromatic heterocycles. The Kier molecular flexibility index (Phi) is 3.90. The zero-order valence-corrected chi connectivity index (χ0v) is 11.2. The number of carbonyl (C=O) groups is 2. The van der Waals surface area contributed by atoms with Crippen molar-refractivity contribution in [3.05, 3.63) is 0 Å². The summed E-state index contributed by atoms with van der Waals surface area (Å²) in [7, 11) is 0. The van der Waals surface area contributed by atoms with Gasteiger partial charge in [-0.3, -0.25) is 9.59 Å². The van der Waals surface area contributed by atoms with Gasteiger partial charge in [0, 0.05) is 25.6 Å². The Bertz CT molecular complexity index is 325. The summed E-state index contributed by atoms with van der Waals surface area (Å²) in [5, 5.41) is 9.20. The Balaban J connectivity index is 1.96. The van der Waals surface area contributed by atoms with Crippen molar-refractivity contribution in [3.8, 4) is 0 Å². The van der Waals surface area contributed by atoms with Crippen molar-refractivity contribution in [1.29, 1.82) is 0 Å². The lowest BCUT2D eigenvalue weighted by Crippen LogP contribution is -2.54. The Morgan fingerprint density at radius 3 is 2.78 bits per heavy atom. The van der Waals surface area contributed by atoms with Gasteiger partial charge in [0.1, 0.15) is 0 Å². The Labute approximate surface area is 108 Å². The second-order valence-corrected chi connectivity index (χ2v) is 5.75. The number of piperidine rings is 1. The van der Waals surface area contributed by atoms with Gasteiger partial charge in [0.15, 0.2) is 0 Å². The van der Waals surface area contributed by atoms with Crippen LogP contribution in [-0.4, -0.2) is 37.5 Å². The van der Waals surface area contributed by atoms with E-state index < -0.39 is 0 Å². The molecule has 0 aromatic rings. The number of nitrogens with one attached hydrogen (secondary N) is 3. The summed E-state index contributed by atoms with van der Waals surface area (Å²) in [6.45, 7) is 6.44. The fraction of sp³-hybridized carbons (Fsp3) is 0.846. The highest BCUT2D eigenvalue weighted by molar-refractivity contribution is 5.84. The van der Waals surface area contributed by atoms with Crippen molar-refractivity contribution >= 4 is 11.8 Å². The van der Waals surface area contributed by atoms with Crippen molar-refractivity contribution in [2.24, 2.45) is 11.3 Å². The van der Waals surface area contributed by atoms with E-state index in [1.165, 1.54) is 0 Å². The van der Waals surface area contributed by atoms with Crippen LogP contribution in [0.25, 0.3) is 0 Å². The van der Waals surface area contributed by atoms with E-state index in [4.69, 9.17) is 0 Å². The molecule has 102 valence electrons. The van der Waals surface area contributed by atoms with Crippen molar-refractivity contribution < 1.29 is 9.59 Å². The molecule has 0 aliphatic carbocycles. The monoisotopic (exact) mass is 253 g/mol. The molecule has 0 bridgehead atoms. The maximum atomic E-state index is 12.5. The van der Waals surface area contributed by atoms with E-state index in [1.807, 2.05) is 0 Å². The number of hydrogen-bond donors (Lipinski definition) is 3. The summed E-state index contributed by atoms with van der Waals surface area (Å²) in [6.07, 6.45) is 2.16. The molecular weight excluding hydrogens is 230 g/mol. The van der Waals surface area contributed by atoms with Crippen LogP contribution < -0.4 is 16.0 Å². The second kappa shape index (κ2) is 5.26. The molecule has 2 unspecified atom stereocenters. The van der Waals surface area contributed by atoms with E-state index in [-0.39, 0.29) is 23.3 Å². The van der Waals surface area contributed by atoms with Crippen molar-refractivity contribution in [2.75, 3.05) is 19.6 Å². The lowest BCUT2D eigenvalue weighted by molar-refractivity contribution is -0.134. The van der Waals surface area contributed by atoms with Crippen LogP contribution in [0.2, 0.25) is 0 Å². The minimum atomic E-state index is -0.276. The van der Waals surface area contributed by atoms with Crippen molar-refractivity contribution in [2.45, 2.75) is 39.2 Å². The number of amides is 2. The first-order valence-electron chi connectivity index (χ1n) is 6.83. The zero-order valence-electron chi connectivity index (χ0n) is 11.2. The van der Waals surface area contributed by atoms with Crippen LogP contribution >= 0.6 is 0 Å². The first-order valence-corrected chi connectivity index (χ1v) is 6.83. The quantitative estimate of drug-likeness (QED) is 0.664. The molecule has 2 aliphatic heterocycles. The molecule has 0 spiro atoms. The Hall–Kier alpha value is -1.10. The first kappa shape index (κ1) is 13.3. The largest absolute Gasteiger partial charge is 0.354 e. The molecule has 2 rings (SSSR count). The standard InChI is InChI=1S/C13H23N3O2/c1-9(2)13(5-6-14-8-13)12(18)16-10-3-4-11(17)15-7-10/h9-10,14H,3-8H2,1-2H3,(H,15,17)(H,16,18). The minimum Gasteiger partial charge on any atom is -0.354 e. The predicted octanol–water partition coefficient (Wildman–Crippen LogP) is 0.0169. The van der Waals surface area contributed by atoms with E-state index in [9.17, 15) is 9.59 Å². The van der Waals surface area contributed by atoms with E-state index in [2.05, 4.69) is 29.8 Å². The topological polar surface area (TPSA) is 70.2 Å². The molecule has 5 heteroatoms. The Morgan fingerprint density at radius 2 is 2.28 bits per heavy atom. The summed E-state index contributed by atoms with van der Waals surface area (Å²) < 4.78 is 0. The normalized spacial score (nSPS) is 32.4. The second-order valence-electron chi connectivity index (χ2n) is 5.75. The summed E-state index contributed by atoms with van der Waals surface area (Å²) in [4.78, 5) is 23.6. The van der Waals surface area contributed by atoms with Gasteiger partial charge in [-0.25, -0.2) is 0 Å². The maximum Gasteiger partial charge on any atom is 0.228 e. The summed E-state index contributed by atoms with van der Waals surface area (Å²) in [5.41, 5.74) is -0.276. The highest BCUT2D eigenvalue weighted by atomic mass is 16.2. The molecule has 2 saturated heterocycles. The van der Waals surface area contributed by atoms with Gasteiger partial charge in [-0.05, 0) is 25.3 Å². The van der Waals surface area contributed by atoms with Crippen LogP contribution in [-0.2, 0) is 9.59 Å². The van der Waals surface area contributed by atoms with Gasteiger partial charge in [0.2, 0.25) is 11.8 Å². The highest BCUT2D eigenvalue weighted by Crippen LogP contribution is 2.34. The minimum absolute atomic E-state index is 0.0848. The van der Waals surface area contributed by atoms with E-state index in [0.717, 1.165) is 25.9 Å². The molecular formula is C13H23N3O2. The van der Waals surface area contributed by atoms with Gasteiger partial charge in [0.05, 0.1) is 5.41 Å². The third-order valence-corrected chi connectivity index (χ3v) is 4.35. The maximum absolute atomic E-state index is 12.5. The van der Waals surface area contributed by atoms with Crippen LogP contribution in [0, 0.1) is 11.3 Å². The average Bonchev–Trinajstić information content (AvgIpc) is 2.82. The molecule has 2 heterocycles. The third-order valence-electron chi connectivity index (χ3n) is 4.35. The first-order chi connectivity index (χ1) is 8.54. The number of carbonyl (C=O) groups excluding carboxylic acids is 2. The van der Waals surface area contributed by atoms with Crippen LogP contribution in [0.4, 0.5) is 0 Å². The SMILES string of the molecule is CC(C)C1(C(=O)NC2CCC(=O)NC2)CCNC1. The van der Waals surface area contributed by atoms with Gasteiger partial charge >= 0.3 is 0 Å². The molecule has 2 aliphatic rings. The van der Waals surface area contributed by atoms with Gasteiger partial charge in [-0.1, -0.05) is 13.8 Å². The van der Waals surface area contributed by atoms with Crippen LogP contribution in [0.15, 0.2) is 0 Å². The van der Waals surface area contributed by atoms with Crippen LogP contribution in [0.5, 0.6) is 0 Å². The van der Waals surface area contributed by atoms with E-state index in [1.54, 1.807) is 0 Å². The summed E-state index contributed by atoms with van der Waals surface area (Å²) >= 11 is 0. The van der Waals surface area contributed by atoms with Gasteiger partial charge < -0.3 is 16.0 Å². The lowest BCUT2D eigenvalue weighted by atomic mass is 9.75. The molecule has 3 N–H and O–H groups in total. The lowest BCUT2D eigenvalue weighted by Gasteiger charge is -2.34. The molecule has 2 amide bonds. The van der Waals surface area contributed by atoms with Crippen LogP contribution in [0.3, 0.4) is 0 Å². The average molecular weight is 253 g/mol. The number of rotatable bonds is 3. The fourth-order valence-electron chi connectivity index (χ4n) is 2.85. The molecule has 2 atom stereocenters. The smallest absolute Gasteiger partial charge is 0.228 e. The molecule has 0 aromatic carbocycles. The molecule has 5 nitrogen and oxygen atoms in total. The van der Waals surface area contributed by atoms with Crippen molar-refractivity contribution in [1.82, 2.24) is 16.0 Å². The summed E-state index contributed by atoms with van der Waals surface area (Å²) in [5.74, 6) is 0.552. The number of hydrogen-bond acceptors (Lipinski definition) is 3. The van der Waals surface area contributed by atoms with Crippen molar-refractivity contribution in [3.63, 3.8) is 0 Å². The molecule has 18 heavy (non-hydrogen) atoms. The van der Waals surface area contributed by atoms with Crippen LogP contribution in [0.1, 0.15) is 33.1 Å². The van der Waals surface area contributed by atoms with E-state index in [0.29, 0.717) is 18.9 Å². The molecule has 0 radical (unpaired) electrons. The molecule has 2 fully saturated rings. The van der Waals surface area contributed by atoms with Gasteiger partial charge in [-0.15, -0.1) is 0 Å². The molecule has 0 saturated carbocycles. The van der Waals surface area contributed by atoms with Gasteiger partial charge in [0.25, 0.3) is 0 Å². The summed E-state index contributed by atoms with van der Waals surface area (Å²) in [6, 6.07) is 0.0893. The van der Waals surface area contributed by atoms with Gasteiger partial charge in [-0.2, -0.15) is 0 Å². The third kappa shape index (κ3) is 2.51. The predicted molar refractivity (Wildman–Crippen MR) is 68.9 cm³/mol.